The Morgan fingerprint density at radius 3 is 2.33 bits per heavy atom. The van der Waals surface area contributed by atoms with Gasteiger partial charge in [-0.15, -0.1) is 0 Å². The molecule has 1 rings (SSSR count). The molecule has 0 aliphatic carbocycles. The predicted molar refractivity (Wildman–Crippen MR) is 77.4 cm³/mol. The molecule has 0 spiro atoms. The van der Waals surface area contributed by atoms with Crippen molar-refractivity contribution in [1.29, 1.82) is 0 Å². The van der Waals surface area contributed by atoms with Crippen molar-refractivity contribution in [2.24, 2.45) is 0 Å². The molecule has 6 heteroatoms. The number of benzene rings is 1. The zero-order valence-corrected chi connectivity index (χ0v) is 12.7. The topological polar surface area (TPSA) is 51.2 Å². The van der Waals surface area contributed by atoms with Crippen molar-refractivity contribution >= 4 is 32.2 Å². The van der Waals surface area contributed by atoms with Gasteiger partial charge in [0.1, 0.15) is 9.84 Å². The highest BCUT2D eigenvalue weighted by atomic mass is 35.5. The summed E-state index contributed by atoms with van der Waals surface area (Å²) in [5, 5.41) is 0.704. The Kier molecular flexibility index (Phi) is 6.32. The van der Waals surface area contributed by atoms with Crippen molar-refractivity contribution in [3.63, 3.8) is 0 Å². The zero-order valence-electron chi connectivity index (χ0n) is 10.3. The summed E-state index contributed by atoms with van der Waals surface area (Å²) in [6.07, 6.45) is 2.79. The highest BCUT2D eigenvalue weighted by Gasteiger charge is 2.06. The SMILES string of the molecule is CS(=O)(=O)CCS(=O)CCCc1ccc(Cl)cc1. The molecule has 0 N–H and O–H groups in total. The lowest BCUT2D eigenvalue weighted by Crippen LogP contribution is -2.13. The van der Waals surface area contributed by atoms with E-state index in [1.807, 2.05) is 24.3 Å². The van der Waals surface area contributed by atoms with Crippen LogP contribution >= 0.6 is 11.6 Å². The molecule has 3 nitrogen and oxygen atoms in total. The molecule has 1 aromatic rings. The van der Waals surface area contributed by atoms with Crippen LogP contribution in [0, 0.1) is 0 Å². The largest absolute Gasteiger partial charge is 0.260 e. The van der Waals surface area contributed by atoms with Crippen LogP contribution in [-0.4, -0.2) is 36.1 Å². The molecule has 1 atom stereocenters. The van der Waals surface area contributed by atoms with Crippen LogP contribution in [0.5, 0.6) is 0 Å². The van der Waals surface area contributed by atoms with E-state index in [2.05, 4.69) is 0 Å². The van der Waals surface area contributed by atoms with E-state index in [1.165, 1.54) is 0 Å². The number of rotatable bonds is 7. The standard InChI is InChI=1S/C12H17ClO3S2/c1-18(15,16)10-9-17(14)8-2-3-11-4-6-12(13)7-5-11/h4-7H,2-3,8-10H2,1H3. The van der Waals surface area contributed by atoms with Gasteiger partial charge >= 0.3 is 0 Å². The monoisotopic (exact) mass is 308 g/mol. The molecule has 0 saturated heterocycles. The van der Waals surface area contributed by atoms with Gasteiger partial charge in [-0.3, -0.25) is 4.21 Å². The predicted octanol–water partition coefficient (Wildman–Crippen LogP) is 2.07. The average Bonchev–Trinajstić information content (AvgIpc) is 2.28. The van der Waals surface area contributed by atoms with E-state index in [-0.39, 0.29) is 11.5 Å². The van der Waals surface area contributed by atoms with Crippen molar-refractivity contribution in [3.05, 3.63) is 34.9 Å². The first-order valence-corrected chi connectivity index (χ1v) is 9.56. The molecule has 1 unspecified atom stereocenters. The summed E-state index contributed by atoms with van der Waals surface area (Å²) in [7, 11) is -4.06. The van der Waals surface area contributed by atoms with Gasteiger partial charge in [0.15, 0.2) is 0 Å². The maximum absolute atomic E-state index is 11.6. The lowest BCUT2D eigenvalue weighted by Gasteiger charge is -2.03. The van der Waals surface area contributed by atoms with E-state index in [4.69, 9.17) is 11.6 Å². The first kappa shape index (κ1) is 15.7. The minimum Gasteiger partial charge on any atom is -0.260 e. The van der Waals surface area contributed by atoms with Gasteiger partial charge in [-0.1, -0.05) is 23.7 Å². The third-order valence-electron chi connectivity index (χ3n) is 2.43. The second-order valence-electron chi connectivity index (χ2n) is 4.21. The van der Waals surface area contributed by atoms with Crippen molar-refractivity contribution < 1.29 is 12.6 Å². The van der Waals surface area contributed by atoms with Gasteiger partial charge in [0.2, 0.25) is 0 Å². The van der Waals surface area contributed by atoms with Crippen LogP contribution in [0.1, 0.15) is 12.0 Å². The van der Waals surface area contributed by atoms with Gasteiger partial charge in [-0.05, 0) is 30.5 Å². The first-order chi connectivity index (χ1) is 8.37. The van der Waals surface area contributed by atoms with Crippen molar-refractivity contribution in [3.8, 4) is 0 Å². The number of halogens is 1. The summed E-state index contributed by atoms with van der Waals surface area (Å²) in [4.78, 5) is 0. The van der Waals surface area contributed by atoms with E-state index in [0.29, 0.717) is 10.8 Å². The summed E-state index contributed by atoms with van der Waals surface area (Å²) < 4.78 is 33.4. The summed E-state index contributed by atoms with van der Waals surface area (Å²) in [5.41, 5.74) is 1.15. The fourth-order valence-electron chi connectivity index (χ4n) is 1.43. The maximum Gasteiger partial charge on any atom is 0.148 e. The van der Waals surface area contributed by atoms with Crippen molar-refractivity contribution in [2.45, 2.75) is 12.8 Å². The Bertz CT molecular complexity index is 495. The molecule has 0 heterocycles. The molecule has 0 aliphatic rings. The molecule has 102 valence electrons. The first-order valence-electron chi connectivity index (χ1n) is 5.64. The van der Waals surface area contributed by atoms with Gasteiger partial charge in [-0.2, -0.15) is 0 Å². The third-order valence-corrected chi connectivity index (χ3v) is 5.29. The van der Waals surface area contributed by atoms with Crippen LogP contribution in [0.2, 0.25) is 5.02 Å². The summed E-state index contributed by atoms with van der Waals surface area (Å²) in [5.74, 6) is 0.776. The molecule has 0 amide bonds. The minimum absolute atomic E-state index is 0.000552. The molecule has 0 fully saturated rings. The minimum atomic E-state index is -3.01. The Labute approximate surface area is 116 Å². The third kappa shape index (κ3) is 7.13. The van der Waals surface area contributed by atoms with Gasteiger partial charge < -0.3 is 0 Å². The highest BCUT2D eigenvalue weighted by molar-refractivity contribution is 7.92. The van der Waals surface area contributed by atoms with Gasteiger partial charge in [0, 0.05) is 33.6 Å². The Morgan fingerprint density at radius 1 is 1.17 bits per heavy atom. The molecule has 0 aromatic heterocycles. The molecular weight excluding hydrogens is 292 g/mol. The Hall–Kier alpha value is -0.390. The van der Waals surface area contributed by atoms with Crippen molar-refractivity contribution in [2.75, 3.05) is 23.5 Å². The number of sulfone groups is 1. The highest BCUT2D eigenvalue weighted by Crippen LogP contribution is 2.11. The van der Waals surface area contributed by atoms with Gasteiger partial charge in [0.05, 0.1) is 5.75 Å². The maximum atomic E-state index is 11.6. The van der Waals surface area contributed by atoms with Crippen LogP contribution in [0.25, 0.3) is 0 Å². The van der Waals surface area contributed by atoms with E-state index in [0.717, 1.165) is 24.7 Å². The normalized spacial score (nSPS) is 13.4. The quantitative estimate of drug-likeness (QED) is 0.775. The van der Waals surface area contributed by atoms with Crippen LogP contribution in [-0.2, 0) is 27.1 Å². The summed E-state index contributed by atoms with van der Waals surface area (Å²) in [6.45, 7) is 0. The average molecular weight is 309 g/mol. The Balaban J connectivity index is 2.25. The fraction of sp³-hybridized carbons (Fsp3) is 0.500. The molecule has 0 aliphatic heterocycles. The van der Waals surface area contributed by atoms with E-state index in [1.54, 1.807) is 0 Å². The lowest BCUT2D eigenvalue weighted by molar-refractivity contribution is 0.602. The fourth-order valence-corrected chi connectivity index (χ4v) is 4.19. The number of hydrogen-bond acceptors (Lipinski definition) is 3. The van der Waals surface area contributed by atoms with E-state index < -0.39 is 20.6 Å². The van der Waals surface area contributed by atoms with Gasteiger partial charge in [-0.25, -0.2) is 8.42 Å². The zero-order chi connectivity index (χ0) is 13.6. The Morgan fingerprint density at radius 2 is 1.78 bits per heavy atom. The van der Waals surface area contributed by atoms with E-state index >= 15 is 0 Å². The van der Waals surface area contributed by atoms with Crippen LogP contribution in [0.15, 0.2) is 24.3 Å². The molecule has 0 bridgehead atoms. The van der Waals surface area contributed by atoms with Crippen LogP contribution in [0.4, 0.5) is 0 Å². The van der Waals surface area contributed by atoms with Crippen LogP contribution in [0.3, 0.4) is 0 Å². The summed E-state index contributed by atoms with van der Waals surface area (Å²) in [6, 6.07) is 7.55. The smallest absolute Gasteiger partial charge is 0.148 e. The van der Waals surface area contributed by atoms with Gasteiger partial charge in [0.25, 0.3) is 0 Å². The van der Waals surface area contributed by atoms with E-state index in [9.17, 15) is 12.6 Å². The molecule has 18 heavy (non-hydrogen) atoms. The molecule has 1 aromatic carbocycles. The second-order valence-corrected chi connectivity index (χ2v) is 8.60. The number of hydrogen-bond donors (Lipinski definition) is 0. The van der Waals surface area contributed by atoms with Crippen molar-refractivity contribution in [1.82, 2.24) is 0 Å². The molecule has 0 saturated carbocycles. The molecule has 0 radical (unpaired) electrons. The number of aryl methyl sites for hydroxylation is 1. The second kappa shape index (κ2) is 7.26. The summed E-state index contributed by atoms with van der Waals surface area (Å²) >= 11 is 5.77. The van der Waals surface area contributed by atoms with Crippen LogP contribution < -0.4 is 0 Å². The molecular formula is C12H17ClO3S2. The lowest BCUT2D eigenvalue weighted by atomic mass is 10.1.